The largest absolute Gasteiger partial charge is 0.322 e. The molecule has 1 heterocycles. The summed E-state index contributed by atoms with van der Waals surface area (Å²) in [6, 6.07) is 0.000856. The molecule has 0 aromatic carbocycles. The second kappa shape index (κ2) is 4.66. The van der Waals surface area contributed by atoms with Crippen molar-refractivity contribution in [1.29, 1.82) is 0 Å². The van der Waals surface area contributed by atoms with Crippen LogP contribution in [0.1, 0.15) is 45.9 Å². The number of aryl methyl sites for hydroxylation is 1. The Hall–Kier alpha value is -0.350. The molecule has 0 spiro atoms. The van der Waals surface area contributed by atoms with Crippen molar-refractivity contribution in [2.24, 2.45) is 11.1 Å². The van der Waals surface area contributed by atoms with Crippen LogP contribution in [0.5, 0.6) is 0 Å². The van der Waals surface area contributed by atoms with Gasteiger partial charge in [0.15, 0.2) is 0 Å². The number of hydrogen-bond donors (Lipinski definition) is 1. The lowest BCUT2D eigenvalue weighted by Crippen LogP contribution is -2.29. The van der Waals surface area contributed by atoms with Crippen LogP contribution in [0.4, 0.5) is 0 Å². The molecule has 0 aliphatic rings. The lowest BCUT2D eigenvalue weighted by Gasteiger charge is -2.28. The molecule has 1 unspecified atom stereocenters. The van der Waals surface area contributed by atoms with E-state index in [0.29, 0.717) is 0 Å². The summed E-state index contributed by atoms with van der Waals surface area (Å²) in [7, 11) is 0. The van der Waals surface area contributed by atoms with E-state index in [9.17, 15) is 0 Å². The fraction of sp³-hybridized carbons (Fsp3) is 0.727. The van der Waals surface area contributed by atoms with Gasteiger partial charge in [-0.05, 0) is 27.8 Å². The molecule has 15 heavy (non-hydrogen) atoms. The van der Waals surface area contributed by atoms with E-state index in [4.69, 9.17) is 5.73 Å². The second-order valence-electron chi connectivity index (χ2n) is 4.94. The molecule has 1 atom stereocenters. The van der Waals surface area contributed by atoms with Crippen molar-refractivity contribution in [2.45, 2.75) is 46.7 Å². The van der Waals surface area contributed by atoms with Crippen LogP contribution in [0.25, 0.3) is 0 Å². The SMILES string of the molecule is CCCn1ncc(Br)c1C(N)C(C)(C)C. The third-order valence-electron chi connectivity index (χ3n) is 2.50. The number of halogens is 1. The molecule has 0 amide bonds. The number of aromatic nitrogens is 2. The summed E-state index contributed by atoms with van der Waals surface area (Å²) < 4.78 is 3.01. The Balaban J connectivity index is 3.06. The lowest BCUT2D eigenvalue weighted by atomic mass is 9.85. The Bertz CT molecular complexity index is 325. The van der Waals surface area contributed by atoms with Crippen LogP contribution in [0.2, 0.25) is 0 Å². The van der Waals surface area contributed by atoms with Gasteiger partial charge in [0.2, 0.25) is 0 Å². The van der Waals surface area contributed by atoms with Gasteiger partial charge in [0.1, 0.15) is 0 Å². The molecular weight excluding hydrogens is 254 g/mol. The molecule has 0 aliphatic heterocycles. The van der Waals surface area contributed by atoms with E-state index in [1.807, 2.05) is 10.9 Å². The molecule has 3 nitrogen and oxygen atoms in total. The third kappa shape index (κ3) is 2.82. The fourth-order valence-electron chi connectivity index (χ4n) is 1.48. The van der Waals surface area contributed by atoms with Crippen LogP contribution in [-0.4, -0.2) is 9.78 Å². The minimum absolute atomic E-state index is 0.000856. The van der Waals surface area contributed by atoms with Crippen molar-refractivity contribution in [3.8, 4) is 0 Å². The first kappa shape index (κ1) is 12.7. The zero-order valence-electron chi connectivity index (χ0n) is 9.92. The predicted molar refractivity (Wildman–Crippen MR) is 66.6 cm³/mol. The van der Waals surface area contributed by atoms with Crippen molar-refractivity contribution in [1.82, 2.24) is 9.78 Å². The maximum Gasteiger partial charge on any atom is 0.0698 e. The highest BCUT2D eigenvalue weighted by molar-refractivity contribution is 9.10. The smallest absolute Gasteiger partial charge is 0.0698 e. The highest BCUT2D eigenvalue weighted by atomic mass is 79.9. The summed E-state index contributed by atoms with van der Waals surface area (Å²) >= 11 is 3.52. The maximum atomic E-state index is 6.26. The van der Waals surface area contributed by atoms with Gasteiger partial charge in [-0.1, -0.05) is 27.7 Å². The highest BCUT2D eigenvalue weighted by Gasteiger charge is 2.27. The second-order valence-corrected chi connectivity index (χ2v) is 5.80. The van der Waals surface area contributed by atoms with Crippen molar-refractivity contribution in [3.05, 3.63) is 16.4 Å². The van der Waals surface area contributed by atoms with Crippen LogP contribution < -0.4 is 5.73 Å². The van der Waals surface area contributed by atoms with Crippen molar-refractivity contribution in [2.75, 3.05) is 0 Å². The van der Waals surface area contributed by atoms with E-state index in [1.165, 1.54) is 0 Å². The topological polar surface area (TPSA) is 43.8 Å². The van der Waals surface area contributed by atoms with Gasteiger partial charge in [-0.25, -0.2) is 0 Å². The van der Waals surface area contributed by atoms with Gasteiger partial charge in [0.25, 0.3) is 0 Å². The molecule has 0 aliphatic carbocycles. The normalized spacial score (nSPS) is 14.3. The van der Waals surface area contributed by atoms with Crippen LogP contribution in [0.15, 0.2) is 10.7 Å². The molecule has 0 saturated heterocycles. The van der Waals surface area contributed by atoms with Gasteiger partial charge < -0.3 is 5.73 Å². The number of nitrogens with two attached hydrogens (primary N) is 1. The van der Waals surface area contributed by atoms with E-state index in [-0.39, 0.29) is 11.5 Å². The quantitative estimate of drug-likeness (QED) is 0.920. The van der Waals surface area contributed by atoms with Crippen molar-refractivity contribution >= 4 is 15.9 Å². The molecule has 2 N–H and O–H groups in total. The molecule has 1 aromatic heterocycles. The van der Waals surface area contributed by atoms with Crippen LogP contribution in [0.3, 0.4) is 0 Å². The highest BCUT2D eigenvalue weighted by Crippen LogP contribution is 2.34. The Morgan fingerprint density at radius 1 is 1.53 bits per heavy atom. The van der Waals surface area contributed by atoms with Gasteiger partial charge in [-0.15, -0.1) is 0 Å². The third-order valence-corrected chi connectivity index (χ3v) is 3.11. The molecule has 1 rings (SSSR count). The van der Waals surface area contributed by atoms with Gasteiger partial charge in [-0.3, -0.25) is 4.68 Å². The molecule has 4 heteroatoms. The minimum atomic E-state index is 0.000856. The summed E-state index contributed by atoms with van der Waals surface area (Å²) in [6.45, 7) is 9.50. The number of rotatable bonds is 3. The van der Waals surface area contributed by atoms with E-state index < -0.39 is 0 Å². The van der Waals surface area contributed by atoms with Crippen molar-refractivity contribution < 1.29 is 0 Å². The monoisotopic (exact) mass is 273 g/mol. The van der Waals surface area contributed by atoms with E-state index >= 15 is 0 Å². The van der Waals surface area contributed by atoms with E-state index in [0.717, 1.165) is 23.1 Å². The Labute approximate surface area is 100 Å². The molecule has 0 radical (unpaired) electrons. The fourth-order valence-corrected chi connectivity index (χ4v) is 2.02. The molecule has 0 saturated carbocycles. The van der Waals surface area contributed by atoms with E-state index in [2.05, 4.69) is 48.7 Å². The average Bonchev–Trinajstić information content (AvgIpc) is 2.45. The van der Waals surface area contributed by atoms with Crippen LogP contribution in [0, 0.1) is 5.41 Å². The summed E-state index contributed by atoms with van der Waals surface area (Å²) in [5, 5.41) is 4.33. The summed E-state index contributed by atoms with van der Waals surface area (Å²) in [4.78, 5) is 0. The van der Waals surface area contributed by atoms with Crippen LogP contribution >= 0.6 is 15.9 Å². The van der Waals surface area contributed by atoms with E-state index in [1.54, 1.807) is 0 Å². The minimum Gasteiger partial charge on any atom is -0.322 e. The zero-order valence-corrected chi connectivity index (χ0v) is 11.5. The predicted octanol–water partition coefficient (Wildman–Crippen LogP) is 3.10. The number of hydrogen-bond acceptors (Lipinski definition) is 2. The van der Waals surface area contributed by atoms with Gasteiger partial charge in [-0.2, -0.15) is 5.10 Å². The zero-order chi connectivity index (χ0) is 11.6. The van der Waals surface area contributed by atoms with Crippen LogP contribution in [-0.2, 0) is 6.54 Å². The summed E-state index contributed by atoms with van der Waals surface area (Å²) in [5.74, 6) is 0. The molecular formula is C11H20BrN3. The molecule has 0 fully saturated rings. The molecule has 86 valence electrons. The Morgan fingerprint density at radius 3 is 2.60 bits per heavy atom. The summed E-state index contributed by atoms with van der Waals surface area (Å²) in [5.41, 5.74) is 7.41. The molecule has 1 aromatic rings. The first-order chi connectivity index (χ1) is 6.88. The van der Waals surface area contributed by atoms with Gasteiger partial charge in [0, 0.05) is 6.54 Å². The van der Waals surface area contributed by atoms with Crippen molar-refractivity contribution in [3.63, 3.8) is 0 Å². The Morgan fingerprint density at radius 2 is 2.13 bits per heavy atom. The van der Waals surface area contributed by atoms with Gasteiger partial charge in [0.05, 0.1) is 22.4 Å². The molecule has 0 bridgehead atoms. The number of nitrogens with zero attached hydrogens (tertiary/aromatic N) is 2. The standard InChI is InChI=1S/C11H20BrN3/c1-5-6-15-9(8(12)7-14-15)10(13)11(2,3)4/h7,10H,5-6,13H2,1-4H3. The first-order valence-electron chi connectivity index (χ1n) is 5.34. The van der Waals surface area contributed by atoms with Gasteiger partial charge >= 0.3 is 0 Å². The average molecular weight is 274 g/mol. The first-order valence-corrected chi connectivity index (χ1v) is 6.14. The lowest BCUT2D eigenvalue weighted by molar-refractivity contribution is 0.308. The summed E-state index contributed by atoms with van der Waals surface area (Å²) in [6.07, 6.45) is 2.90. The Kier molecular flexibility index (Phi) is 3.95. The maximum absolute atomic E-state index is 6.26.